The molecular formula is C25H21F3N2. The molecular weight excluding hydrogens is 385 g/mol. The van der Waals surface area contributed by atoms with Crippen molar-refractivity contribution in [3.8, 4) is 0 Å². The van der Waals surface area contributed by atoms with Crippen LogP contribution in [0.2, 0.25) is 0 Å². The summed E-state index contributed by atoms with van der Waals surface area (Å²) in [5, 5.41) is 1.20. The zero-order valence-corrected chi connectivity index (χ0v) is 16.3. The van der Waals surface area contributed by atoms with Crippen LogP contribution in [0.1, 0.15) is 34.0 Å². The number of nitrogens with one attached hydrogen (secondary N) is 1. The molecule has 0 saturated carbocycles. The van der Waals surface area contributed by atoms with Crippen molar-refractivity contribution in [3.05, 3.63) is 107 Å². The summed E-state index contributed by atoms with van der Waals surface area (Å²) in [5.41, 5.74) is 4.85. The maximum atomic E-state index is 13.1. The maximum absolute atomic E-state index is 13.1. The second-order valence-corrected chi connectivity index (χ2v) is 7.79. The Labute approximate surface area is 173 Å². The highest BCUT2D eigenvalue weighted by Crippen LogP contribution is 2.40. The third-order valence-corrected chi connectivity index (χ3v) is 5.92. The Hall–Kier alpha value is -3.05. The monoisotopic (exact) mass is 406 g/mol. The van der Waals surface area contributed by atoms with Gasteiger partial charge in [-0.3, -0.25) is 4.90 Å². The third-order valence-electron chi connectivity index (χ3n) is 5.92. The molecule has 2 heterocycles. The highest BCUT2D eigenvalue weighted by Gasteiger charge is 2.34. The van der Waals surface area contributed by atoms with E-state index in [1.807, 2.05) is 30.3 Å². The highest BCUT2D eigenvalue weighted by atomic mass is 19.4. The van der Waals surface area contributed by atoms with Gasteiger partial charge in [-0.2, -0.15) is 13.2 Å². The zero-order chi connectivity index (χ0) is 20.7. The predicted octanol–water partition coefficient (Wildman–Crippen LogP) is 6.33. The molecule has 0 spiro atoms. The van der Waals surface area contributed by atoms with Gasteiger partial charge >= 0.3 is 6.18 Å². The van der Waals surface area contributed by atoms with Gasteiger partial charge in [-0.25, -0.2) is 0 Å². The van der Waals surface area contributed by atoms with E-state index >= 15 is 0 Å². The zero-order valence-electron chi connectivity index (χ0n) is 16.3. The summed E-state index contributed by atoms with van der Waals surface area (Å²) >= 11 is 0. The molecule has 3 aromatic carbocycles. The molecule has 1 atom stereocenters. The van der Waals surface area contributed by atoms with Gasteiger partial charge < -0.3 is 4.98 Å². The van der Waals surface area contributed by atoms with E-state index < -0.39 is 11.7 Å². The van der Waals surface area contributed by atoms with Crippen molar-refractivity contribution in [2.75, 3.05) is 6.54 Å². The minimum atomic E-state index is -4.33. The standard InChI is InChI=1S/C25H21F3N2/c26-25(27,28)19-12-10-18(11-13-19)24-23-21(20-8-4-5-9-22(20)29-23)14-15-30(24)16-17-6-2-1-3-7-17/h1-13,24,29H,14-16H2/t24-/m0/s1. The number of rotatable bonds is 3. The van der Waals surface area contributed by atoms with Gasteiger partial charge in [-0.05, 0) is 41.3 Å². The summed E-state index contributed by atoms with van der Waals surface area (Å²) in [6, 6.07) is 23.9. The van der Waals surface area contributed by atoms with E-state index in [4.69, 9.17) is 0 Å². The first-order valence-corrected chi connectivity index (χ1v) is 10.1. The molecule has 5 rings (SSSR count). The minimum absolute atomic E-state index is 0.122. The fourth-order valence-corrected chi connectivity index (χ4v) is 4.51. The molecule has 152 valence electrons. The summed E-state index contributed by atoms with van der Waals surface area (Å²) in [7, 11) is 0. The molecule has 0 aliphatic carbocycles. The largest absolute Gasteiger partial charge is 0.416 e. The Morgan fingerprint density at radius 1 is 0.867 bits per heavy atom. The van der Waals surface area contributed by atoms with Crippen LogP contribution >= 0.6 is 0 Å². The van der Waals surface area contributed by atoms with E-state index in [1.54, 1.807) is 12.1 Å². The number of benzene rings is 3. The second kappa shape index (κ2) is 7.33. The van der Waals surface area contributed by atoms with Crippen molar-refractivity contribution < 1.29 is 13.2 Å². The summed E-state index contributed by atoms with van der Waals surface area (Å²) in [6.07, 6.45) is -3.43. The number of aromatic amines is 1. The highest BCUT2D eigenvalue weighted by molar-refractivity contribution is 5.85. The first kappa shape index (κ1) is 18.9. The van der Waals surface area contributed by atoms with Crippen LogP contribution in [0.15, 0.2) is 78.9 Å². The molecule has 0 amide bonds. The summed E-state index contributed by atoms with van der Waals surface area (Å²) in [4.78, 5) is 5.90. The Kier molecular flexibility index (Phi) is 4.63. The van der Waals surface area contributed by atoms with Gasteiger partial charge in [-0.1, -0.05) is 60.7 Å². The first-order chi connectivity index (χ1) is 14.5. The number of H-pyrrole nitrogens is 1. The van der Waals surface area contributed by atoms with Crippen LogP contribution in [0.5, 0.6) is 0 Å². The molecule has 0 unspecified atom stereocenters. The van der Waals surface area contributed by atoms with Gasteiger partial charge in [0, 0.05) is 29.7 Å². The number of para-hydroxylation sites is 1. The molecule has 1 N–H and O–H groups in total. The van der Waals surface area contributed by atoms with Crippen molar-refractivity contribution in [2.45, 2.75) is 25.2 Å². The molecule has 1 aromatic heterocycles. The lowest BCUT2D eigenvalue weighted by Crippen LogP contribution is -2.35. The lowest BCUT2D eigenvalue weighted by Gasteiger charge is -2.36. The quantitative estimate of drug-likeness (QED) is 0.421. The fraction of sp³-hybridized carbons (Fsp3) is 0.200. The Balaban J connectivity index is 1.60. The van der Waals surface area contributed by atoms with Crippen LogP contribution in [0, 0.1) is 0 Å². The molecule has 2 nitrogen and oxygen atoms in total. The minimum Gasteiger partial charge on any atom is -0.357 e. The lowest BCUT2D eigenvalue weighted by atomic mass is 9.91. The van der Waals surface area contributed by atoms with Crippen molar-refractivity contribution >= 4 is 10.9 Å². The summed E-state index contributed by atoms with van der Waals surface area (Å²) < 4.78 is 39.3. The van der Waals surface area contributed by atoms with Crippen molar-refractivity contribution in [3.63, 3.8) is 0 Å². The second-order valence-electron chi connectivity index (χ2n) is 7.79. The SMILES string of the molecule is FC(F)(F)c1ccc([C@H]2c3[nH]c4ccccc4c3CCN2Cc2ccccc2)cc1. The fourth-order valence-electron chi connectivity index (χ4n) is 4.51. The average Bonchev–Trinajstić information content (AvgIpc) is 3.12. The van der Waals surface area contributed by atoms with Gasteiger partial charge in [0.05, 0.1) is 11.6 Å². The van der Waals surface area contributed by atoms with E-state index in [2.05, 4.69) is 34.1 Å². The van der Waals surface area contributed by atoms with Crippen LogP contribution < -0.4 is 0 Å². The van der Waals surface area contributed by atoms with Crippen LogP contribution in [0.3, 0.4) is 0 Å². The number of fused-ring (bicyclic) bond motifs is 3. The van der Waals surface area contributed by atoms with Crippen molar-refractivity contribution in [1.29, 1.82) is 0 Å². The van der Waals surface area contributed by atoms with Crippen molar-refractivity contribution in [1.82, 2.24) is 9.88 Å². The van der Waals surface area contributed by atoms with E-state index in [-0.39, 0.29) is 6.04 Å². The molecule has 0 bridgehead atoms. The number of nitrogens with zero attached hydrogens (tertiary/aromatic N) is 1. The van der Waals surface area contributed by atoms with Gasteiger partial charge in [0.15, 0.2) is 0 Å². The van der Waals surface area contributed by atoms with E-state index in [0.717, 1.165) is 36.3 Å². The molecule has 5 heteroatoms. The molecule has 30 heavy (non-hydrogen) atoms. The van der Waals surface area contributed by atoms with Gasteiger partial charge in [0.1, 0.15) is 0 Å². The van der Waals surface area contributed by atoms with E-state index in [9.17, 15) is 13.2 Å². The molecule has 1 aliphatic heterocycles. The van der Waals surface area contributed by atoms with Gasteiger partial charge in [0.25, 0.3) is 0 Å². The third kappa shape index (κ3) is 3.39. The number of aromatic nitrogens is 1. The van der Waals surface area contributed by atoms with Gasteiger partial charge in [0.2, 0.25) is 0 Å². The Morgan fingerprint density at radius 2 is 1.57 bits per heavy atom. The van der Waals surface area contributed by atoms with Crippen LogP contribution in [0.25, 0.3) is 10.9 Å². The Bertz CT molecular complexity index is 1160. The summed E-state index contributed by atoms with van der Waals surface area (Å²) in [5.74, 6) is 0. The predicted molar refractivity (Wildman–Crippen MR) is 112 cm³/mol. The first-order valence-electron chi connectivity index (χ1n) is 10.1. The van der Waals surface area contributed by atoms with Crippen LogP contribution in [-0.4, -0.2) is 16.4 Å². The average molecular weight is 406 g/mol. The molecule has 1 aliphatic rings. The molecule has 4 aromatic rings. The van der Waals surface area contributed by atoms with Crippen LogP contribution in [-0.2, 0) is 19.1 Å². The number of hydrogen-bond donors (Lipinski definition) is 1. The van der Waals surface area contributed by atoms with Crippen molar-refractivity contribution in [2.24, 2.45) is 0 Å². The van der Waals surface area contributed by atoms with E-state index in [1.165, 1.54) is 28.6 Å². The number of alkyl halides is 3. The molecule has 0 radical (unpaired) electrons. The maximum Gasteiger partial charge on any atom is 0.416 e. The molecule has 0 fully saturated rings. The normalized spacial score (nSPS) is 17.2. The van der Waals surface area contributed by atoms with Gasteiger partial charge in [-0.15, -0.1) is 0 Å². The molecule has 0 saturated heterocycles. The summed E-state index contributed by atoms with van der Waals surface area (Å²) in [6.45, 7) is 1.58. The van der Waals surface area contributed by atoms with Crippen LogP contribution in [0.4, 0.5) is 13.2 Å². The van der Waals surface area contributed by atoms with E-state index in [0.29, 0.717) is 0 Å². The smallest absolute Gasteiger partial charge is 0.357 e. The number of halogens is 3. The number of hydrogen-bond acceptors (Lipinski definition) is 1. The Morgan fingerprint density at radius 3 is 2.30 bits per heavy atom. The topological polar surface area (TPSA) is 19.0 Å². The lowest BCUT2D eigenvalue weighted by molar-refractivity contribution is -0.137.